The fourth-order valence-corrected chi connectivity index (χ4v) is 2.88. The maximum Gasteiger partial charge on any atom is 0.257 e. The molecule has 2 heterocycles. The van der Waals surface area contributed by atoms with Gasteiger partial charge in [0.2, 0.25) is 5.88 Å². The first-order valence-corrected chi connectivity index (χ1v) is 8.57. The van der Waals surface area contributed by atoms with Crippen LogP contribution in [0.3, 0.4) is 0 Å². The predicted octanol–water partition coefficient (Wildman–Crippen LogP) is 3.47. The van der Waals surface area contributed by atoms with Gasteiger partial charge in [0.15, 0.2) is 0 Å². The summed E-state index contributed by atoms with van der Waals surface area (Å²) in [4.78, 5) is 16.4. The van der Waals surface area contributed by atoms with Gasteiger partial charge in [0.1, 0.15) is 0 Å². The fourth-order valence-electron chi connectivity index (χ4n) is 2.58. The molecular weight excluding hydrogens is 377 g/mol. The van der Waals surface area contributed by atoms with E-state index >= 15 is 0 Å². The van der Waals surface area contributed by atoms with Crippen LogP contribution in [0.25, 0.3) is 0 Å². The Hall–Kier alpha value is -1.86. The number of ether oxygens (including phenoxy) is 2. The Morgan fingerprint density at radius 1 is 1.42 bits per heavy atom. The summed E-state index contributed by atoms with van der Waals surface area (Å²) < 4.78 is 11.0. The zero-order valence-electron chi connectivity index (χ0n) is 14.3. The molecule has 1 amide bonds. The predicted molar refractivity (Wildman–Crippen MR) is 104 cm³/mol. The number of nitrogens with zero attached hydrogens (tertiary/aromatic N) is 1. The lowest BCUT2D eigenvalue weighted by atomic mass is 10.1. The van der Waals surface area contributed by atoms with Crippen molar-refractivity contribution >= 4 is 35.6 Å². The van der Waals surface area contributed by atoms with Gasteiger partial charge < -0.3 is 20.1 Å². The highest BCUT2D eigenvalue weighted by atomic mass is 35.5. The molecule has 1 aliphatic heterocycles. The van der Waals surface area contributed by atoms with Crippen LogP contribution in [-0.4, -0.2) is 37.2 Å². The maximum atomic E-state index is 12.3. The van der Waals surface area contributed by atoms with Crippen LogP contribution in [0.5, 0.6) is 5.88 Å². The fraction of sp³-hybridized carbons (Fsp3) is 0.333. The van der Waals surface area contributed by atoms with E-state index in [9.17, 15) is 4.79 Å². The van der Waals surface area contributed by atoms with E-state index in [1.165, 1.54) is 6.20 Å². The Kier molecular flexibility index (Phi) is 7.66. The SMILES string of the molecule is CCOc1ccc(C(=O)Nc2ccc([C@H]3CNCCO3)c(Cl)c2)cn1.Cl. The molecular formula is C18H21Cl2N3O3. The molecule has 1 aliphatic rings. The molecule has 1 aromatic carbocycles. The molecule has 0 unspecified atom stereocenters. The summed E-state index contributed by atoms with van der Waals surface area (Å²) in [7, 11) is 0. The van der Waals surface area contributed by atoms with Crippen LogP contribution in [0.2, 0.25) is 5.02 Å². The number of hydrogen-bond donors (Lipinski definition) is 2. The number of hydrogen-bond acceptors (Lipinski definition) is 5. The summed E-state index contributed by atoms with van der Waals surface area (Å²) in [6.07, 6.45) is 1.42. The number of benzene rings is 1. The highest BCUT2D eigenvalue weighted by Crippen LogP contribution is 2.29. The summed E-state index contributed by atoms with van der Waals surface area (Å²) in [6, 6.07) is 8.77. The van der Waals surface area contributed by atoms with E-state index in [-0.39, 0.29) is 24.4 Å². The van der Waals surface area contributed by atoms with E-state index in [2.05, 4.69) is 15.6 Å². The third kappa shape index (κ3) is 5.08. The molecule has 6 nitrogen and oxygen atoms in total. The van der Waals surface area contributed by atoms with E-state index in [0.717, 1.165) is 18.7 Å². The van der Waals surface area contributed by atoms with Crippen molar-refractivity contribution in [2.24, 2.45) is 0 Å². The van der Waals surface area contributed by atoms with Crippen LogP contribution in [0.4, 0.5) is 5.69 Å². The van der Waals surface area contributed by atoms with Gasteiger partial charge in [0.05, 0.1) is 24.9 Å². The molecule has 1 saturated heterocycles. The summed E-state index contributed by atoms with van der Waals surface area (Å²) in [5.74, 6) is 0.238. The number of halogens is 2. The molecule has 0 spiro atoms. The van der Waals surface area contributed by atoms with Crippen LogP contribution in [0, 0.1) is 0 Å². The third-order valence-corrected chi connectivity index (χ3v) is 4.15. The molecule has 1 atom stereocenters. The van der Waals surface area contributed by atoms with Crippen molar-refractivity contribution in [2.45, 2.75) is 13.0 Å². The molecule has 140 valence electrons. The smallest absolute Gasteiger partial charge is 0.257 e. The van der Waals surface area contributed by atoms with Crippen molar-refractivity contribution in [3.05, 3.63) is 52.7 Å². The highest BCUT2D eigenvalue weighted by molar-refractivity contribution is 6.31. The number of amides is 1. The molecule has 3 rings (SSSR count). The molecule has 8 heteroatoms. The van der Waals surface area contributed by atoms with Crippen molar-refractivity contribution in [1.29, 1.82) is 0 Å². The van der Waals surface area contributed by atoms with Gasteiger partial charge in [-0.05, 0) is 25.1 Å². The summed E-state index contributed by atoms with van der Waals surface area (Å²) in [5.41, 5.74) is 1.98. The van der Waals surface area contributed by atoms with Crippen molar-refractivity contribution < 1.29 is 14.3 Å². The Bertz CT molecular complexity index is 735. The minimum Gasteiger partial charge on any atom is -0.478 e. The number of morpholine rings is 1. The summed E-state index contributed by atoms with van der Waals surface area (Å²) in [6.45, 7) is 4.64. The lowest BCUT2D eigenvalue weighted by molar-refractivity contribution is 0.0278. The maximum absolute atomic E-state index is 12.3. The largest absolute Gasteiger partial charge is 0.478 e. The number of anilines is 1. The Labute approximate surface area is 163 Å². The van der Waals surface area contributed by atoms with Crippen LogP contribution < -0.4 is 15.4 Å². The second kappa shape index (κ2) is 9.73. The van der Waals surface area contributed by atoms with Gasteiger partial charge in [-0.2, -0.15) is 0 Å². The number of rotatable bonds is 5. The second-order valence-corrected chi connectivity index (χ2v) is 5.98. The zero-order chi connectivity index (χ0) is 17.6. The van der Waals surface area contributed by atoms with Crippen LogP contribution >= 0.6 is 24.0 Å². The van der Waals surface area contributed by atoms with Gasteiger partial charge in [-0.1, -0.05) is 17.7 Å². The normalized spacial score (nSPS) is 16.5. The standard InChI is InChI=1S/C18H20ClN3O3.ClH/c1-2-24-17-6-3-12(10-21-17)18(23)22-13-4-5-14(15(19)9-13)16-11-20-7-8-25-16;/h3-6,9-10,16,20H,2,7-8,11H2,1H3,(H,22,23);1H/t16-;/m1./s1. The molecule has 1 aromatic heterocycles. The van der Waals surface area contributed by atoms with Gasteiger partial charge in [-0.25, -0.2) is 4.98 Å². The van der Waals surface area contributed by atoms with Crippen LogP contribution in [-0.2, 0) is 4.74 Å². The van der Waals surface area contributed by atoms with E-state index in [4.69, 9.17) is 21.1 Å². The molecule has 1 fully saturated rings. The second-order valence-electron chi connectivity index (χ2n) is 5.57. The van der Waals surface area contributed by atoms with Crippen molar-refractivity contribution in [1.82, 2.24) is 10.3 Å². The Morgan fingerprint density at radius 2 is 2.27 bits per heavy atom. The Morgan fingerprint density at radius 3 is 2.88 bits per heavy atom. The average molecular weight is 398 g/mol. The summed E-state index contributed by atoms with van der Waals surface area (Å²) >= 11 is 6.36. The molecule has 2 aromatic rings. The number of carbonyl (C=O) groups excluding carboxylic acids is 1. The number of nitrogens with one attached hydrogen (secondary N) is 2. The highest BCUT2D eigenvalue weighted by Gasteiger charge is 2.19. The van der Waals surface area contributed by atoms with Crippen LogP contribution in [0.1, 0.15) is 28.9 Å². The summed E-state index contributed by atoms with van der Waals surface area (Å²) in [5, 5.41) is 6.66. The molecule has 0 saturated carbocycles. The van der Waals surface area contributed by atoms with Gasteiger partial charge in [0.25, 0.3) is 5.91 Å². The van der Waals surface area contributed by atoms with Crippen molar-refractivity contribution in [3.63, 3.8) is 0 Å². The van der Waals surface area contributed by atoms with Crippen molar-refractivity contribution in [2.75, 3.05) is 31.6 Å². The van der Waals surface area contributed by atoms with Gasteiger partial charge in [0, 0.05) is 41.6 Å². The molecule has 0 bridgehead atoms. The van der Waals surface area contributed by atoms with Gasteiger partial charge >= 0.3 is 0 Å². The minimum atomic E-state index is -0.255. The lowest BCUT2D eigenvalue weighted by Crippen LogP contribution is -2.33. The van der Waals surface area contributed by atoms with E-state index in [1.54, 1.807) is 18.2 Å². The molecule has 26 heavy (non-hydrogen) atoms. The van der Waals surface area contributed by atoms with E-state index < -0.39 is 0 Å². The first-order valence-electron chi connectivity index (χ1n) is 8.19. The van der Waals surface area contributed by atoms with Gasteiger partial charge in [-0.15, -0.1) is 12.4 Å². The first-order chi connectivity index (χ1) is 12.2. The monoisotopic (exact) mass is 397 g/mol. The van der Waals surface area contributed by atoms with Crippen LogP contribution in [0.15, 0.2) is 36.5 Å². The Balaban J connectivity index is 0.00000243. The van der Waals surface area contributed by atoms with E-state index in [1.807, 2.05) is 19.1 Å². The molecule has 0 aliphatic carbocycles. The topological polar surface area (TPSA) is 72.5 Å². The average Bonchev–Trinajstić information content (AvgIpc) is 2.63. The van der Waals surface area contributed by atoms with Crippen molar-refractivity contribution in [3.8, 4) is 5.88 Å². The number of pyridine rings is 1. The van der Waals surface area contributed by atoms with E-state index in [0.29, 0.717) is 35.4 Å². The number of carbonyl (C=O) groups is 1. The quantitative estimate of drug-likeness (QED) is 0.807. The zero-order valence-corrected chi connectivity index (χ0v) is 15.9. The lowest BCUT2D eigenvalue weighted by Gasteiger charge is -2.25. The van der Waals surface area contributed by atoms with Gasteiger partial charge in [-0.3, -0.25) is 4.79 Å². The molecule has 0 radical (unpaired) electrons. The number of aromatic nitrogens is 1. The molecule has 2 N–H and O–H groups in total. The minimum absolute atomic E-state index is 0. The third-order valence-electron chi connectivity index (χ3n) is 3.82. The first kappa shape index (κ1) is 20.5.